The second kappa shape index (κ2) is 6.94. The minimum atomic E-state index is 0.581. The van der Waals surface area contributed by atoms with Crippen molar-refractivity contribution in [2.45, 2.75) is 45.3 Å². The van der Waals surface area contributed by atoms with Crippen LogP contribution in [0.1, 0.15) is 32.3 Å². The number of piperazine rings is 1. The standard InChI is InChI=1S/C15H22Cl2N2/c1-3-12-10-19(13(4-2)8-18-12)9-11-6-5-7-14(16)15(11)17/h5-7,12-13,18H,3-4,8-10H2,1-2H3. The van der Waals surface area contributed by atoms with Gasteiger partial charge in [-0.05, 0) is 24.5 Å². The molecule has 2 unspecified atom stereocenters. The molecule has 0 saturated carbocycles. The summed E-state index contributed by atoms with van der Waals surface area (Å²) < 4.78 is 0. The van der Waals surface area contributed by atoms with Gasteiger partial charge < -0.3 is 5.32 Å². The quantitative estimate of drug-likeness (QED) is 0.905. The molecule has 0 aliphatic carbocycles. The van der Waals surface area contributed by atoms with Crippen molar-refractivity contribution in [1.29, 1.82) is 0 Å². The first kappa shape index (κ1) is 15.1. The third kappa shape index (κ3) is 3.63. The maximum Gasteiger partial charge on any atom is 0.0637 e. The molecule has 2 nitrogen and oxygen atoms in total. The van der Waals surface area contributed by atoms with Gasteiger partial charge in [-0.1, -0.05) is 49.2 Å². The molecular weight excluding hydrogens is 279 g/mol. The zero-order chi connectivity index (χ0) is 13.8. The van der Waals surface area contributed by atoms with Crippen LogP contribution in [0, 0.1) is 0 Å². The van der Waals surface area contributed by atoms with E-state index < -0.39 is 0 Å². The Hall–Kier alpha value is -0.280. The van der Waals surface area contributed by atoms with Crippen LogP contribution in [0.15, 0.2) is 18.2 Å². The van der Waals surface area contributed by atoms with E-state index in [1.807, 2.05) is 12.1 Å². The molecule has 0 aromatic heterocycles. The Kier molecular flexibility index (Phi) is 5.52. The molecule has 4 heteroatoms. The third-order valence-electron chi connectivity index (χ3n) is 3.98. The number of hydrogen-bond donors (Lipinski definition) is 1. The molecule has 19 heavy (non-hydrogen) atoms. The van der Waals surface area contributed by atoms with E-state index >= 15 is 0 Å². The van der Waals surface area contributed by atoms with Crippen LogP contribution >= 0.6 is 23.2 Å². The Morgan fingerprint density at radius 1 is 1.26 bits per heavy atom. The van der Waals surface area contributed by atoms with Gasteiger partial charge in [0.25, 0.3) is 0 Å². The van der Waals surface area contributed by atoms with E-state index in [9.17, 15) is 0 Å². The second-order valence-corrected chi connectivity index (χ2v) is 6.00. The number of nitrogens with zero attached hydrogens (tertiary/aromatic N) is 1. The van der Waals surface area contributed by atoms with Gasteiger partial charge >= 0.3 is 0 Å². The molecule has 1 N–H and O–H groups in total. The highest BCUT2D eigenvalue weighted by Gasteiger charge is 2.26. The minimum Gasteiger partial charge on any atom is -0.311 e. The number of rotatable bonds is 4. The molecule has 1 fully saturated rings. The molecule has 1 aliphatic heterocycles. The summed E-state index contributed by atoms with van der Waals surface area (Å²) in [7, 11) is 0. The van der Waals surface area contributed by atoms with Crippen molar-refractivity contribution >= 4 is 23.2 Å². The second-order valence-electron chi connectivity index (χ2n) is 5.22. The summed E-state index contributed by atoms with van der Waals surface area (Å²) in [6.07, 6.45) is 2.32. The largest absolute Gasteiger partial charge is 0.311 e. The molecule has 0 amide bonds. The van der Waals surface area contributed by atoms with E-state index in [-0.39, 0.29) is 0 Å². The fraction of sp³-hybridized carbons (Fsp3) is 0.600. The average molecular weight is 301 g/mol. The van der Waals surface area contributed by atoms with Crippen LogP contribution in [0.2, 0.25) is 10.0 Å². The van der Waals surface area contributed by atoms with Crippen molar-refractivity contribution in [3.8, 4) is 0 Å². The lowest BCUT2D eigenvalue weighted by molar-refractivity contribution is 0.117. The van der Waals surface area contributed by atoms with Crippen LogP contribution in [0.5, 0.6) is 0 Å². The van der Waals surface area contributed by atoms with E-state index in [1.165, 1.54) is 0 Å². The fourth-order valence-corrected chi connectivity index (χ4v) is 3.07. The zero-order valence-corrected chi connectivity index (χ0v) is 13.1. The molecular formula is C15H22Cl2N2. The van der Waals surface area contributed by atoms with Gasteiger partial charge in [-0.2, -0.15) is 0 Å². The molecule has 0 spiro atoms. The van der Waals surface area contributed by atoms with Crippen LogP contribution in [0.4, 0.5) is 0 Å². The molecule has 2 rings (SSSR count). The van der Waals surface area contributed by atoms with Crippen molar-refractivity contribution < 1.29 is 0 Å². The van der Waals surface area contributed by atoms with E-state index in [2.05, 4.69) is 30.1 Å². The number of benzene rings is 1. The van der Waals surface area contributed by atoms with Gasteiger partial charge in [-0.25, -0.2) is 0 Å². The molecule has 0 radical (unpaired) electrons. The summed E-state index contributed by atoms with van der Waals surface area (Å²) in [4.78, 5) is 2.53. The van der Waals surface area contributed by atoms with E-state index in [0.29, 0.717) is 22.1 Å². The molecule has 106 valence electrons. The highest BCUT2D eigenvalue weighted by molar-refractivity contribution is 6.42. The molecule has 1 aromatic rings. The number of hydrogen-bond acceptors (Lipinski definition) is 2. The van der Waals surface area contributed by atoms with Gasteiger partial charge in [-0.3, -0.25) is 4.90 Å². The summed E-state index contributed by atoms with van der Waals surface area (Å²) in [5, 5.41) is 4.96. The normalized spacial score (nSPS) is 24.6. The van der Waals surface area contributed by atoms with Crippen LogP contribution in [0.25, 0.3) is 0 Å². The minimum absolute atomic E-state index is 0.581. The Morgan fingerprint density at radius 3 is 2.74 bits per heavy atom. The Balaban J connectivity index is 2.12. The highest BCUT2D eigenvalue weighted by atomic mass is 35.5. The monoisotopic (exact) mass is 300 g/mol. The lowest BCUT2D eigenvalue weighted by Gasteiger charge is -2.40. The average Bonchev–Trinajstić information content (AvgIpc) is 2.43. The predicted molar refractivity (Wildman–Crippen MR) is 83.0 cm³/mol. The Morgan fingerprint density at radius 2 is 2.05 bits per heavy atom. The molecule has 1 aliphatic rings. The summed E-state index contributed by atoms with van der Waals surface area (Å²) >= 11 is 12.4. The van der Waals surface area contributed by atoms with Gasteiger partial charge in [0.1, 0.15) is 0 Å². The number of nitrogens with one attached hydrogen (secondary N) is 1. The first-order chi connectivity index (χ1) is 9.15. The molecule has 2 atom stereocenters. The fourth-order valence-electron chi connectivity index (χ4n) is 2.69. The van der Waals surface area contributed by atoms with Gasteiger partial charge in [-0.15, -0.1) is 0 Å². The lowest BCUT2D eigenvalue weighted by atomic mass is 10.0. The smallest absolute Gasteiger partial charge is 0.0637 e. The van der Waals surface area contributed by atoms with E-state index in [1.54, 1.807) is 0 Å². The van der Waals surface area contributed by atoms with Crippen molar-refractivity contribution in [3.05, 3.63) is 33.8 Å². The topological polar surface area (TPSA) is 15.3 Å². The van der Waals surface area contributed by atoms with Gasteiger partial charge in [0.05, 0.1) is 10.0 Å². The first-order valence-electron chi connectivity index (χ1n) is 7.06. The lowest BCUT2D eigenvalue weighted by Crippen LogP contribution is -2.55. The SMILES string of the molecule is CCC1CN(Cc2cccc(Cl)c2Cl)C(CC)CN1. The van der Waals surface area contributed by atoms with Crippen LogP contribution in [-0.4, -0.2) is 30.1 Å². The maximum absolute atomic E-state index is 6.30. The summed E-state index contributed by atoms with van der Waals surface area (Å²) in [5.41, 5.74) is 1.13. The maximum atomic E-state index is 6.30. The Bertz CT molecular complexity index is 423. The van der Waals surface area contributed by atoms with Crippen molar-refractivity contribution in [2.75, 3.05) is 13.1 Å². The molecule has 1 aromatic carbocycles. The van der Waals surface area contributed by atoms with Crippen molar-refractivity contribution in [3.63, 3.8) is 0 Å². The van der Waals surface area contributed by atoms with Gasteiger partial charge in [0, 0.05) is 31.7 Å². The summed E-state index contributed by atoms with van der Waals surface area (Å²) in [6.45, 7) is 7.50. The molecule has 1 saturated heterocycles. The number of halogens is 2. The first-order valence-corrected chi connectivity index (χ1v) is 7.81. The van der Waals surface area contributed by atoms with Gasteiger partial charge in [0.2, 0.25) is 0 Å². The van der Waals surface area contributed by atoms with Crippen molar-refractivity contribution in [2.24, 2.45) is 0 Å². The van der Waals surface area contributed by atoms with Gasteiger partial charge in [0.15, 0.2) is 0 Å². The zero-order valence-electron chi connectivity index (χ0n) is 11.6. The van der Waals surface area contributed by atoms with E-state index in [0.717, 1.165) is 38.0 Å². The highest BCUT2D eigenvalue weighted by Crippen LogP contribution is 2.27. The van der Waals surface area contributed by atoms with Crippen LogP contribution in [0.3, 0.4) is 0 Å². The third-order valence-corrected chi connectivity index (χ3v) is 4.84. The van der Waals surface area contributed by atoms with Crippen LogP contribution < -0.4 is 5.32 Å². The summed E-state index contributed by atoms with van der Waals surface area (Å²) in [6, 6.07) is 7.06. The van der Waals surface area contributed by atoms with Crippen LogP contribution in [-0.2, 0) is 6.54 Å². The molecule has 0 bridgehead atoms. The predicted octanol–water partition coefficient (Wildman–Crippen LogP) is 3.96. The summed E-state index contributed by atoms with van der Waals surface area (Å²) in [5.74, 6) is 0. The van der Waals surface area contributed by atoms with E-state index in [4.69, 9.17) is 23.2 Å². The molecule has 1 heterocycles. The Labute approximate surface area is 126 Å². The van der Waals surface area contributed by atoms with Crippen molar-refractivity contribution in [1.82, 2.24) is 10.2 Å².